The molecule has 0 spiro atoms. The maximum Gasteiger partial charge on any atom is 0.270 e. The fourth-order valence-electron chi connectivity index (χ4n) is 2.72. The molecule has 2 heterocycles. The first-order chi connectivity index (χ1) is 11.6. The minimum absolute atomic E-state index is 0.0457. The van der Waals surface area contributed by atoms with Crippen LogP contribution < -0.4 is 10.5 Å². The van der Waals surface area contributed by atoms with Gasteiger partial charge in [-0.15, -0.1) is 0 Å². The molecule has 1 N–H and O–H groups in total. The van der Waals surface area contributed by atoms with E-state index in [1.54, 1.807) is 0 Å². The van der Waals surface area contributed by atoms with Crippen LogP contribution in [0.4, 0.5) is 5.95 Å². The van der Waals surface area contributed by atoms with Crippen LogP contribution in [0, 0.1) is 11.3 Å². The largest absolute Gasteiger partial charge is 0.378 e. The lowest BCUT2D eigenvalue weighted by atomic mass is 10.00. The third kappa shape index (κ3) is 3.17. The number of anilines is 1. The van der Waals surface area contributed by atoms with Gasteiger partial charge in [-0.1, -0.05) is 38.1 Å². The summed E-state index contributed by atoms with van der Waals surface area (Å²) in [4.78, 5) is 21.6. The highest BCUT2D eigenvalue weighted by atomic mass is 16.5. The van der Waals surface area contributed by atoms with E-state index in [-0.39, 0.29) is 5.56 Å². The average molecular weight is 324 g/mol. The standard InChI is InChI=1S/C18H20N4O2/c1-12(2)13-3-5-14(6-4-13)16-15(11-19)17(23)21-18(20-16)22-7-9-24-10-8-22/h3-6,12H,7-10H2,1-2H3,(H,20,21,23). The summed E-state index contributed by atoms with van der Waals surface area (Å²) in [5.74, 6) is 0.913. The van der Waals surface area contributed by atoms with Gasteiger partial charge in [-0.25, -0.2) is 4.98 Å². The lowest BCUT2D eigenvalue weighted by Gasteiger charge is -2.27. The number of nitrogens with one attached hydrogen (secondary N) is 1. The molecule has 1 aromatic heterocycles. The molecule has 6 heteroatoms. The van der Waals surface area contributed by atoms with Gasteiger partial charge in [0.15, 0.2) is 0 Å². The van der Waals surface area contributed by atoms with E-state index in [0.717, 1.165) is 5.56 Å². The zero-order valence-electron chi connectivity index (χ0n) is 13.9. The zero-order chi connectivity index (χ0) is 17.1. The minimum Gasteiger partial charge on any atom is -0.378 e. The molecule has 0 unspecified atom stereocenters. The van der Waals surface area contributed by atoms with Crippen molar-refractivity contribution >= 4 is 5.95 Å². The second kappa shape index (κ2) is 6.85. The Balaban J connectivity index is 2.06. The molecular weight excluding hydrogens is 304 g/mol. The van der Waals surface area contributed by atoms with Crippen LogP contribution in [-0.2, 0) is 4.74 Å². The maximum atomic E-state index is 12.3. The monoisotopic (exact) mass is 324 g/mol. The molecule has 0 saturated carbocycles. The SMILES string of the molecule is CC(C)c1ccc(-c2nc(N3CCOCC3)[nH]c(=O)c2C#N)cc1. The molecule has 124 valence electrons. The quantitative estimate of drug-likeness (QED) is 0.936. The highest BCUT2D eigenvalue weighted by molar-refractivity contribution is 5.67. The first kappa shape index (κ1) is 16.2. The predicted molar refractivity (Wildman–Crippen MR) is 92.1 cm³/mol. The van der Waals surface area contributed by atoms with Crippen molar-refractivity contribution in [2.24, 2.45) is 0 Å². The number of H-pyrrole nitrogens is 1. The van der Waals surface area contributed by atoms with Crippen molar-refractivity contribution in [3.8, 4) is 17.3 Å². The summed E-state index contributed by atoms with van der Waals surface area (Å²) in [5, 5.41) is 9.36. The molecule has 0 bridgehead atoms. The number of ether oxygens (including phenoxy) is 1. The van der Waals surface area contributed by atoms with E-state index < -0.39 is 5.56 Å². The Bertz CT molecular complexity index is 812. The second-order valence-electron chi connectivity index (χ2n) is 6.10. The number of rotatable bonds is 3. The molecule has 3 rings (SSSR count). The van der Waals surface area contributed by atoms with Crippen molar-refractivity contribution in [2.45, 2.75) is 19.8 Å². The molecule has 24 heavy (non-hydrogen) atoms. The topological polar surface area (TPSA) is 82.0 Å². The van der Waals surface area contributed by atoms with Gasteiger partial charge in [0.1, 0.15) is 11.6 Å². The fraction of sp³-hybridized carbons (Fsp3) is 0.389. The van der Waals surface area contributed by atoms with Crippen LogP contribution in [0.25, 0.3) is 11.3 Å². The van der Waals surface area contributed by atoms with Crippen LogP contribution >= 0.6 is 0 Å². The van der Waals surface area contributed by atoms with Gasteiger partial charge in [0, 0.05) is 18.7 Å². The Labute approximate surface area is 140 Å². The first-order valence-corrected chi connectivity index (χ1v) is 8.07. The molecule has 0 radical (unpaired) electrons. The lowest BCUT2D eigenvalue weighted by Crippen LogP contribution is -2.38. The lowest BCUT2D eigenvalue weighted by molar-refractivity contribution is 0.122. The van der Waals surface area contributed by atoms with Crippen molar-refractivity contribution < 1.29 is 4.74 Å². The zero-order valence-corrected chi connectivity index (χ0v) is 13.9. The summed E-state index contributed by atoms with van der Waals surface area (Å²) < 4.78 is 5.33. The highest BCUT2D eigenvalue weighted by Gasteiger charge is 2.18. The van der Waals surface area contributed by atoms with Crippen molar-refractivity contribution in [3.05, 3.63) is 45.7 Å². The third-order valence-corrected chi connectivity index (χ3v) is 4.18. The summed E-state index contributed by atoms with van der Waals surface area (Å²) in [6.07, 6.45) is 0. The number of hydrogen-bond acceptors (Lipinski definition) is 5. The fourth-order valence-corrected chi connectivity index (χ4v) is 2.72. The van der Waals surface area contributed by atoms with Crippen LogP contribution in [0.1, 0.15) is 30.9 Å². The maximum absolute atomic E-state index is 12.3. The van der Waals surface area contributed by atoms with Gasteiger partial charge in [-0.2, -0.15) is 5.26 Å². The van der Waals surface area contributed by atoms with E-state index in [9.17, 15) is 10.1 Å². The van der Waals surface area contributed by atoms with Gasteiger partial charge in [0.2, 0.25) is 5.95 Å². The molecule has 1 saturated heterocycles. The molecular formula is C18H20N4O2. The summed E-state index contributed by atoms with van der Waals surface area (Å²) in [7, 11) is 0. The molecule has 1 aliphatic rings. The average Bonchev–Trinajstić information content (AvgIpc) is 2.62. The van der Waals surface area contributed by atoms with Crippen molar-refractivity contribution in [2.75, 3.05) is 31.2 Å². The van der Waals surface area contributed by atoms with Crippen molar-refractivity contribution in [1.29, 1.82) is 5.26 Å². The molecule has 0 amide bonds. The van der Waals surface area contributed by atoms with Crippen LogP contribution in [-0.4, -0.2) is 36.3 Å². The summed E-state index contributed by atoms with van der Waals surface area (Å²) >= 11 is 0. The molecule has 2 aromatic rings. The Morgan fingerprint density at radius 2 is 1.92 bits per heavy atom. The van der Waals surface area contributed by atoms with Crippen LogP contribution in [0.3, 0.4) is 0 Å². The van der Waals surface area contributed by atoms with Crippen molar-refractivity contribution in [3.63, 3.8) is 0 Å². The number of aromatic nitrogens is 2. The number of benzene rings is 1. The van der Waals surface area contributed by atoms with Gasteiger partial charge in [-0.3, -0.25) is 9.78 Å². The third-order valence-electron chi connectivity index (χ3n) is 4.18. The second-order valence-corrected chi connectivity index (χ2v) is 6.10. The highest BCUT2D eigenvalue weighted by Crippen LogP contribution is 2.24. The van der Waals surface area contributed by atoms with E-state index in [1.165, 1.54) is 5.56 Å². The van der Waals surface area contributed by atoms with Gasteiger partial charge < -0.3 is 9.64 Å². The number of hydrogen-bond donors (Lipinski definition) is 1. The predicted octanol–water partition coefficient (Wildman–Crippen LogP) is 2.27. The number of aromatic amines is 1. The Morgan fingerprint density at radius 3 is 2.50 bits per heavy atom. The van der Waals surface area contributed by atoms with Crippen molar-refractivity contribution in [1.82, 2.24) is 9.97 Å². The van der Waals surface area contributed by atoms with Gasteiger partial charge in [-0.05, 0) is 11.5 Å². The van der Waals surface area contributed by atoms with E-state index in [0.29, 0.717) is 43.9 Å². The minimum atomic E-state index is -0.406. The molecule has 6 nitrogen and oxygen atoms in total. The number of morpholine rings is 1. The summed E-state index contributed by atoms with van der Waals surface area (Å²) in [6, 6.07) is 9.84. The van der Waals surface area contributed by atoms with Crippen LogP contribution in [0.5, 0.6) is 0 Å². The number of nitrogens with zero attached hydrogens (tertiary/aromatic N) is 3. The van der Waals surface area contributed by atoms with E-state index in [2.05, 4.69) is 23.8 Å². The first-order valence-electron chi connectivity index (χ1n) is 8.07. The Kier molecular flexibility index (Phi) is 4.63. The van der Waals surface area contributed by atoms with E-state index >= 15 is 0 Å². The smallest absolute Gasteiger partial charge is 0.270 e. The van der Waals surface area contributed by atoms with Gasteiger partial charge in [0.25, 0.3) is 5.56 Å². The van der Waals surface area contributed by atoms with Gasteiger partial charge >= 0.3 is 0 Å². The molecule has 1 aromatic carbocycles. The normalized spacial score (nSPS) is 14.7. The molecule has 0 atom stereocenters. The molecule has 1 fully saturated rings. The van der Waals surface area contributed by atoms with Crippen LogP contribution in [0.15, 0.2) is 29.1 Å². The molecule has 0 aliphatic carbocycles. The van der Waals surface area contributed by atoms with E-state index in [1.807, 2.05) is 35.2 Å². The Morgan fingerprint density at radius 1 is 1.25 bits per heavy atom. The van der Waals surface area contributed by atoms with Gasteiger partial charge in [0.05, 0.1) is 18.9 Å². The molecule has 1 aliphatic heterocycles. The summed E-state index contributed by atoms with van der Waals surface area (Å²) in [5.41, 5.74) is 2.05. The summed E-state index contributed by atoms with van der Waals surface area (Å²) in [6.45, 7) is 6.78. The number of nitriles is 1. The van der Waals surface area contributed by atoms with Crippen LogP contribution in [0.2, 0.25) is 0 Å². The Hall–Kier alpha value is -2.65. The van der Waals surface area contributed by atoms with E-state index in [4.69, 9.17) is 4.74 Å².